The summed E-state index contributed by atoms with van der Waals surface area (Å²) in [6.07, 6.45) is 9.21. The third kappa shape index (κ3) is 8.47. The Hall–Kier alpha value is -1.43. The molecule has 1 rings (SSSR count). The van der Waals surface area contributed by atoms with Gasteiger partial charge in [-0.05, 0) is 26.2 Å². The van der Waals surface area contributed by atoms with Gasteiger partial charge < -0.3 is 20.0 Å². The maximum Gasteiger partial charge on any atom is 0.331 e. The van der Waals surface area contributed by atoms with Crippen molar-refractivity contribution in [1.82, 2.24) is 5.32 Å². The maximum absolute atomic E-state index is 12.5. The minimum absolute atomic E-state index is 0.0468. The maximum atomic E-state index is 12.5. The van der Waals surface area contributed by atoms with E-state index in [-0.39, 0.29) is 24.7 Å². The minimum Gasteiger partial charge on any atom is -0.464 e. The normalized spacial score (nSPS) is 17.6. The topological polar surface area (TPSA) is 92.7 Å². The number of amides is 1. The number of aliphatic hydroxyl groups is 1. The summed E-state index contributed by atoms with van der Waals surface area (Å²) in [4.78, 5) is 35.7. The Kier molecular flexibility index (Phi) is 10.4. The molecular formula is C19H33NO5. The molecule has 0 heterocycles. The molecule has 1 aliphatic carbocycles. The Labute approximate surface area is 150 Å². The minimum atomic E-state index is -1.07. The SMILES string of the molecule is CCOC(=O)[C@H](CO)NC(=O)[C@H](CCCC1CCCCC1)CC(C)=O. The van der Waals surface area contributed by atoms with Crippen LogP contribution in [-0.2, 0) is 19.1 Å². The van der Waals surface area contributed by atoms with Crippen molar-refractivity contribution in [2.45, 2.75) is 77.7 Å². The summed E-state index contributed by atoms with van der Waals surface area (Å²) in [5.74, 6) is -0.772. The summed E-state index contributed by atoms with van der Waals surface area (Å²) in [5.41, 5.74) is 0. The van der Waals surface area contributed by atoms with Crippen molar-refractivity contribution >= 4 is 17.7 Å². The van der Waals surface area contributed by atoms with Crippen LogP contribution in [0.25, 0.3) is 0 Å². The van der Waals surface area contributed by atoms with Crippen molar-refractivity contribution in [2.24, 2.45) is 11.8 Å². The molecule has 0 aromatic rings. The van der Waals surface area contributed by atoms with Crippen LogP contribution in [0.3, 0.4) is 0 Å². The summed E-state index contributed by atoms with van der Waals surface area (Å²) < 4.78 is 4.84. The van der Waals surface area contributed by atoms with E-state index in [2.05, 4.69) is 5.32 Å². The zero-order valence-electron chi connectivity index (χ0n) is 15.6. The smallest absolute Gasteiger partial charge is 0.331 e. The van der Waals surface area contributed by atoms with E-state index in [0.29, 0.717) is 6.42 Å². The second-order valence-corrected chi connectivity index (χ2v) is 7.03. The highest BCUT2D eigenvalue weighted by Gasteiger charge is 2.27. The Bertz CT molecular complexity index is 432. The van der Waals surface area contributed by atoms with Gasteiger partial charge in [0.25, 0.3) is 0 Å². The number of aliphatic hydroxyl groups excluding tert-OH is 1. The van der Waals surface area contributed by atoms with Gasteiger partial charge in [0.05, 0.1) is 13.2 Å². The van der Waals surface area contributed by atoms with Crippen LogP contribution < -0.4 is 5.32 Å². The highest BCUT2D eigenvalue weighted by Crippen LogP contribution is 2.28. The zero-order valence-corrected chi connectivity index (χ0v) is 15.6. The molecule has 25 heavy (non-hydrogen) atoms. The van der Waals surface area contributed by atoms with Gasteiger partial charge in [0, 0.05) is 12.3 Å². The molecule has 1 amide bonds. The molecule has 144 valence electrons. The summed E-state index contributed by atoms with van der Waals surface area (Å²) in [6.45, 7) is 2.80. The number of hydrogen-bond donors (Lipinski definition) is 2. The van der Waals surface area contributed by atoms with Crippen molar-refractivity contribution in [1.29, 1.82) is 0 Å². The Balaban J connectivity index is 2.52. The van der Waals surface area contributed by atoms with Crippen molar-refractivity contribution in [3.05, 3.63) is 0 Å². The lowest BCUT2D eigenvalue weighted by Gasteiger charge is -2.23. The first-order chi connectivity index (χ1) is 12.0. The molecule has 0 bridgehead atoms. The molecule has 6 heteroatoms. The first-order valence-corrected chi connectivity index (χ1v) is 9.55. The monoisotopic (exact) mass is 355 g/mol. The Morgan fingerprint density at radius 2 is 1.88 bits per heavy atom. The quantitative estimate of drug-likeness (QED) is 0.555. The van der Waals surface area contributed by atoms with Crippen molar-refractivity contribution in [2.75, 3.05) is 13.2 Å². The van der Waals surface area contributed by atoms with Crippen LogP contribution in [0, 0.1) is 11.8 Å². The molecule has 0 spiro atoms. The van der Waals surface area contributed by atoms with E-state index >= 15 is 0 Å². The summed E-state index contributed by atoms with van der Waals surface area (Å²) in [6, 6.07) is -1.07. The predicted octanol–water partition coefficient (Wildman–Crippen LogP) is 2.37. The van der Waals surface area contributed by atoms with Gasteiger partial charge in [0.15, 0.2) is 6.04 Å². The van der Waals surface area contributed by atoms with Gasteiger partial charge in [-0.15, -0.1) is 0 Å². The van der Waals surface area contributed by atoms with E-state index < -0.39 is 24.5 Å². The number of nitrogens with one attached hydrogen (secondary N) is 1. The third-order valence-corrected chi connectivity index (χ3v) is 4.86. The number of esters is 1. The molecule has 1 saturated carbocycles. The van der Waals surface area contributed by atoms with Gasteiger partial charge in [0.2, 0.25) is 5.91 Å². The molecule has 1 fully saturated rings. The fourth-order valence-corrected chi connectivity index (χ4v) is 3.51. The van der Waals surface area contributed by atoms with Crippen molar-refractivity contribution < 1.29 is 24.2 Å². The van der Waals surface area contributed by atoms with Gasteiger partial charge >= 0.3 is 5.97 Å². The lowest BCUT2D eigenvalue weighted by molar-refractivity contribution is -0.149. The molecule has 2 atom stereocenters. The zero-order chi connectivity index (χ0) is 18.7. The molecule has 0 aromatic carbocycles. The highest BCUT2D eigenvalue weighted by atomic mass is 16.5. The molecule has 0 saturated heterocycles. The predicted molar refractivity (Wildman–Crippen MR) is 94.9 cm³/mol. The summed E-state index contributed by atoms with van der Waals surface area (Å²) in [5, 5.41) is 11.8. The number of carbonyl (C=O) groups is 3. The number of Topliss-reactive ketones (excluding diaryl/α,β-unsaturated/α-hetero) is 1. The van der Waals surface area contributed by atoms with E-state index in [1.54, 1.807) is 6.92 Å². The number of ether oxygens (including phenoxy) is 1. The fourth-order valence-electron chi connectivity index (χ4n) is 3.51. The number of rotatable bonds is 11. The standard InChI is InChI=1S/C19H33NO5/c1-3-25-19(24)17(13-21)20-18(23)16(12-14(2)22)11-7-10-15-8-5-4-6-9-15/h15-17,21H,3-13H2,1-2H3,(H,20,23)/t16-,17+/m1/s1. The molecule has 0 aliphatic heterocycles. The van der Waals surface area contributed by atoms with Crippen LogP contribution in [0.4, 0.5) is 0 Å². The largest absolute Gasteiger partial charge is 0.464 e. The van der Waals surface area contributed by atoms with E-state index in [4.69, 9.17) is 4.74 Å². The van der Waals surface area contributed by atoms with E-state index in [1.807, 2.05) is 0 Å². The third-order valence-electron chi connectivity index (χ3n) is 4.86. The van der Waals surface area contributed by atoms with Gasteiger partial charge in [-0.3, -0.25) is 4.79 Å². The number of carbonyl (C=O) groups excluding carboxylic acids is 3. The average Bonchev–Trinajstić information content (AvgIpc) is 2.59. The molecule has 0 radical (unpaired) electrons. The number of ketones is 1. The van der Waals surface area contributed by atoms with Crippen LogP contribution in [0.2, 0.25) is 0 Å². The Morgan fingerprint density at radius 1 is 1.20 bits per heavy atom. The first-order valence-electron chi connectivity index (χ1n) is 9.55. The molecular weight excluding hydrogens is 322 g/mol. The van der Waals surface area contributed by atoms with E-state index in [9.17, 15) is 19.5 Å². The summed E-state index contributed by atoms with van der Waals surface area (Å²) in [7, 11) is 0. The van der Waals surface area contributed by atoms with Crippen molar-refractivity contribution in [3.63, 3.8) is 0 Å². The lowest BCUT2D eigenvalue weighted by atomic mass is 9.84. The molecule has 2 N–H and O–H groups in total. The Morgan fingerprint density at radius 3 is 2.44 bits per heavy atom. The number of hydrogen-bond acceptors (Lipinski definition) is 5. The lowest BCUT2D eigenvalue weighted by Crippen LogP contribution is -2.47. The second-order valence-electron chi connectivity index (χ2n) is 7.03. The first kappa shape index (κ1) is 21.6. The molecule has 0 aromatic heterocycles. The van der Waals surface area contributed by atoms with Crippen LogP contribution >= 0.6 is 0 Å². The molecule has 6 nitrogen and oxygen atoms in total. The van der Waals surface area contributed by atoms with E-state index in [1.165, 1.54) is 39.0 Å². The molecule has 1 aliphatic rings. The van der Waals surface area contributed by atoms with Crippen LogP contribution in [-0.4, -0.2) is 42.0 Å². The van der Waals surface area contributed by atoms with Crippen LogP contribution in [0.15, 0.2) is 0 Å². The van der Waals surface area contributed by atoms with Gasteiger partial charge in [-0.25, -0.2) is 4.79 Å². The van der Waals surface area contributed by atoms with Crippen molar-refractivity contribution in [3.8, 4) is 0 Å². The molecule has 0 unspecified atom stereocenters. The van der Waals surface area contributed by atoms with Crippen LogP contribution in [0.1, 0.15) is 71.6 Å². The average molecular weight is 355 g/mol. The highest BCUT2D eigenvalue weighted by molar-refractivity contribution is 5.89. The van der Waals surface area contributed by atoms with Crippen LogP contribution in [0.5, 0.6) is 0 Å². The summed E-state index contributed by atoms with van der Waals surface area (Å²) >= 11 is 0. The van der Waals surface area contributed by atoms with Gasteiger partial charge in [0.1, 0.15) is 5.78 Å². The second kappa shape index (κ2) is 12.0. The van der Waals surface area contributed by atoms with Gasteiger partial charge in [-0.1, -0.05) is 44.9 Å². The van der Waals surface area contributed by atoms with Gasteiger partial charge in [-0.2, -0.15) is 0 Å². The fraction of sp³-hybridized carbons (Fsp3) is 0.842. The van der Waals surface area contributed by atoms with E-state index in [0.717, 1.165) is 18.8 Å².